The predicted molar refractivity (Wildman–Crippen MR) is 134 cm³/mol. The van der Waals surface area contributed by atoms with Crippen molar-refractivity contribution in [1.82, 2.24) is 16.0 Å². The minimum Gasteiger partial charge on any atom is -0.445 e. The normalized spacial score (nSPS) is 13.9. The molecule has 9 nitrogen and oxygen atoms in total. The second-order valence-corrected chi connectivity index (χ2v) is 9.18. The first kappa shape index (κ1) is 30.4. The van der Waals surface area contributed by atoms with Gasteiger partial charge in [0.1, 0.15) is 18.7 Å². The Kier molecular flexibility index (Phi) is 14.0. The number of hydrogen-bond acceptors (Lipinski definition) is 6. The van der Waals surface area contributed by atoms with Crippen molar-refractivity contribution in [2.75, 3.05) is 13.2 Å². The van der Waals surface area contributed by atoms with Gasteiger partial charge in [0.05, 0.1) is 6.04 Å². The molecular formula is C26H43N3O6. The number of carbonyl (C=O) groups excluding carboxylic acids is 3. The van der Waals surface area contributed by atoms with Crippen LogP contribution in [0.25, 0.3) is 0 Å². The third kappa shape index (κ3) is 11.6. The second kappa shape index (κ2) is 16.1. The molecule has 1 unspecified atom stereocenters. The number of benzene rings is 1. The molecule has 0 bridgehead atoms. The van der Waals surface area contributed by atoms with E-state index in [1.54, 1.807) is 20.8 Å². The molecule has 0 spiro atoms. The molecule has 0 aliphatic rings. The topological polar surface area (TPSA) is 115 Å². The maximum atomic E-state index is 12.9. The highest BCUT2D eigenvalue weighted by molar-refractivity contribution is 5.91. The smallest absolute Gasteiger partial charge is 0.408 e. The van der Waals surface area contributed by atoms with Crippen LogP contribution in [0.3, 0.4) is 0 Å². The van der Waals surface area contributed by atoms with Crippen molar-refractivity contribution in [1.29, 1.82) is 0 Å². The lowest BCUT2D eigenvalue weighted by atomic mass is 10.0. The molecule has 0 aliphatic carbocycles. The van der Waals surface area contributed by atoms with Crippen LogP contribution in [0.1, 0.15) is 60.5 Å². The summed E-state index contributed by atoms with van der Waals surface area (Å²) >= 11 is 0. The fourth-order valence-corrected chi connectivity index (χ4v) is 3.46. The van der Waals surface area contributed by atoms with Gasteiger partial charge in [0.2, 0.25) is 11.8 Å². The zero-order chi connectivity index (χ0) is 26.4. The Balaban J connectivity index is 2.73. The van der Waals surface area contributed by atoms with E-state index in [9.17, 15) is 14.4 Å². The summed E-state index contributed by atoms with van der Waals surface area (Å²) in [6.45, 7) is 14.0. The minimum absolute atomic E-state index is 0.0932. The number of nitrogens with one attached hydrogen (secondary N) is 3. The molecule has 198 valence electrons. The van der Waals surface area contributed by atoms with Crippen molar-refractivity contribution in [2.45, 2.75) is 85.9 Å². The minimum atomic E-state index is -0.861. The Morgan fingerprint density at radius 2 is 1.43 bits per heavy atom. The van der Waals surface area contributed by atoms with Gasteiger partial charge < -0.3 is 30.2 Å². The Morgan fingerprint density at radius 3 is 1.94 bits per heavy atom. The van der Waals surface area contributed by atoms with Crippen LogP contribution in [0, 0.1) is 11.8 Å². The molecule has 3 N–H and O–H groups in total. The first-order valence-corrected chi connectivity index (χ1v) is 12.4. The molecule has 0 aliphatic heterocycles. The number of alkyl carbamates (subject to hydrolysis) is 1. The summed E-state index contributed by atoms with van der Waals surface area (Å²) < 4.78 is 16.6. The van der Waals surface area contributed by atoms with E-state index in [1.807, 2.05) is 44.2 Å². The molecule has 0 fully saturated rings. The molecule has 0 saturated heterocycles. The lowest BCUT2D eigenvalue weighted by molar-refractivity contribution is -0.161. The van der Waals surface area contributed by atoms with Gasteiger partial charge in [0.25, 0.3) is 0 Å². The fraction of sp³-hybridized carbons (Fsp3) is 0.654. The molecule has 1 rings (SSSR count). The quantitative estimate of drug-likeness (QED) is 0.323. The summed E-state index contributed by atoms with van der Waals surface area (Å²) in [5, 5.41) is 8.26. The van der Waals surface area contributed by atoms with Gasteiger partial charge >= 0.3 is 6.09 Å². The van der Waals surface area contributed by atoms with E-state index in [2.05, 4.69) is 29.8 Å². The van der Waals surface area contributed by atoms with Crippen molar-refractivity contribution in [2.24, 2.45) is 11.8 Å². The van der Waals surface area contributed by atoms with E-state index in [4.69, 9.17) is 14.2 Å². The summed E-state index contributed by atoms with van der Waals surface area (Å²) in [6, 6.07) is 7.20. The maximum Gasteiger partial charge on any atom is 0.408 e. The van der Waals surface area contributed by atoms with Gasteiger partial charge in [-0.15, -0.1) is 0 Å². The Morgan fingerprint density at radius 1 is 0.829 bits per heavy atom. The van der Waals surface area contributed by atoms with Gasteiger partial charge in [-0.25, -0.2) is 4.79 Å². The van der Waals surface area contributed by atoms with E-state index in [1.165, 1.54) is 0 Å². The van der Waals surface area contributed by atoms with Crippen molar-refractivity contribution in [3.8, 4) is 0 Å². The monoisotopic (exact) mass is 493 g/mol. The molecule has 9 heteroatoms. The molecule has 3 amide bonds. The number of amides is 3. The van der Waals surface area contributed by atoms with Gasteiger partial charge in [-0.05, 0) is 44.6 Å². The highest BCUT2D eigenvalue weighted by Crippen LogP contribution is 2.13. The number of ether oxygens (including phenoxy) is 3. The van der Waals surface area contributed by atoms with E-state index >= 15 is 0 Å². The van der Waals surface area contributed by atoms with Crippen LogP contribution in [0.15, 0.2) is 30.3 Å². The zero-order valence-electron chi connectivity index (χ0n) is 22.1. The molecule has 0 saturated carbocycles. The summed E-state index contributed by atoms with van der Waals surface area (Å²) in [7, 11) is 0. The van der Waals surface area contributed by atoms with Gasteiger partial charge in [-0.3, -0.25) is 9.59 Å². The number of rotatable bonds is 15. The Labute approximate surface area is 209 Å². The molecule has 1 aromatic rings. The highest BCUT2D eigenvalue weighted by atomic mass is 16.7. The SMILES string of the molecule is CCOC(OCC)C(CC(C)C)NC(=O)[C@H](C)NC(=O)[C@@H](NC(=O)OCc1ccccc1)C(C)C. The zero-order valence-corrected chi connectivity index (χ0v) is 22.1. The number of carbonyl (C=O) groups is 3. The van der Waals surface area contributed by atoms with Crippen LogP contribution in [-0.2, 0) is 30.4 Å². The maximum absolute atomic E-state index is 12.9. The average Bonchev–Trinajstić information content (AvgIpc) is 2.80. The largest absolute Gasteiger partial charge is 0.445 e. The van der Waals surface area contributed by atoms with E-state index in [-0.39, 0.29) is 24.5 Å². The van der Waals surface area contributed by atoms with E-state index < -0.39 is 30.4 Å². The number of hydrogen-bond donors (Lipinski definition) is 3. The molecular weight excluding hydrogens is 450 g/mol. The molecule has 35 heavy (non-hydrogen) atoms. The standard InChI is InChI=1S/C26H43N3O6/c1-8-33-25(34-9-2)21(15-17(3)4)28-23(30)19(7)27-24(31)22(18(5)6)29-26(32)35-16-20-13-11-10-12-14-20/h10-14,17-19,21-22,25H,8-9,15-16H2,1-7H3,(H,27,31)(H,28,30)(H,29,32)/t19-,21?,22-/m0/s1. The lowest BCUT2D eigenvalue weighted by Gasteiger charge is -2.30. The molecule has 0 aromatic heterocycles. The summed E-state index contributed by atoms with van der Waals surface area (Å²) in [4.78, 5) is 38.1. The van der Waals surface area contributed by atoms with Crippen LogP contribution < -0.4 is 16.0 Å². The van der Waals surface area contributed by atoms with Gasteiger partial charge in [-0.1, -0.05) is 58.0 Å². The summed E-state index contributed by atoms with van der Waals surface area (Å²) in [6.07, 6.45) is -0.627. The van der Waals surface area contributed by atoms with Crippen molar-refractivity contribution in [3.05, 3.63) is 35.9 Å². The van der Waals surface area contributed by atoms with Crippen LogP contribution >= 0.6 is 0 Å². The van der Waals surface area contributed by atoms with Gasteiger partial charge in [0.15, 0.2) is 6.29 Å². The summed E-state index contributed by atoms with van der Waals surface area (Å²) in [5.74, 6) is -0.748. The third-order valence-corrected chi connectivity index (χ3v) is 5.23. The average molecular weight is 494 g/mol. The highest BCUT2D eigenvalue weighted by Gasteiger charge is 2.30. The van der Waals surface area contributed by atoms with Crippen molar-refractivity contribution >= 4 is 17.9 Å². The van der Waals surface area contributed by atoms with Crippen molar-refractivity contribution < 1.29 is 28.6 Å². The van der Waals surface area contributed by atoms with Crippen LogP contribution in [0.2, 0.25) is 0 Å². The van der Waals surface area contributed by atoms with Gasteiger partial charge in [0, 0.05) is 13.2 Å². The van der Waals surface area contributed by atoms with E-state index in [0.29, 0.717) is 25.6 Å². The predicted octanol–water partition coefficient (Wildman–Crippen LogP) is 3.37. The fourth-order valence-electron chi connectivity index (χ4n) is 3.46. The van der Waals surface area contributed by atoms with Crippen molar-refractivity contribution in [3.63, 3.8) is 0 Å². The lowest BCUT2D eigenvalue weighted by Crippen LogP contribution is -2.57. The third-order valence-electron chi connectivity index (χ3n) is 5.23. The van der Waals surface area contributed by atoms with Crippen LogP contribution in [0.5, 0.6) is 0 Å². The first-order valence-electron chi connectivity index (χ1n) is 12.4. The van der Waals surface area contributed by atoms with Gasteiger partial charge in [-0.2, -0.15) is 0 Å². The summed E-state index contributed by atoms with van der Waals surface area (Å²) in [5.41, 5.74) is 0.840. The first-order chi connectivity index (χ1) is 16.6. The van der Waals surface area contributed by atoms with E-state index in [0.717, 1.165) is 5.56 Å². The molecule has 1 aromatic carbocycles. The second-order valence-electron chi connectivity index (χ2n) is 9.18. The Bertz CT molecular complexity index is 766. The molecule has 0 radical (unpaired) electrons. The molecule has 3 atom stereocenters. The van der Waals surface area contributed by atoms with Crippen LogP contribution in [0.4, 0.5) is 4.79 Å². The van der Waals surface area contributed by atoms with Crippen LogP contribution in [-0.4, -0.2) is 55.5 Å². The Hall–Kier alpha value is -2.65. The molecule has 0 heterocycles.